The lowest BCUT2D eigenvalue weighted by molar-refractivity contribution is -0.141. The molecule has 23 heavy (non-hydrogen) atoms. The molecule has 0 radical (unpaired) electrons. The van der Waals surface area contributed by atoms with E-state index in [0.29, 0.717) is 0 Å². The Morgan fingerprint density at radius 1 is 1.26 bits per heavy atom. The first-order chi connectivity index (χ1) is 10.8. The highest BCUT2D eigenvalue weighted by Gasteiger charge is 2.44. The lowest BCUT2D eigenvalue weighted by Gasteiger charge is -2.22. The lowest BCUT2D eigenvalue weighted by Crippen LogP contribution is -2.49. The summed E-state index contributed by atoms with van der Waals surface area (Å²) in [5.74, 6) is -3.55. The van der Waals surface area contributed by atoms with Crippen LogP contribution in [0.15, 0.2) is 30.3 Å². The van der Waals surface area contributed by atoms with Gasteiger partial charge in [0, 0.05) is 5.92 Å². The maximum absolute atomic E-state index is 11.7. The van der Waals surface area contributed by atoms with E-state index in [9.17, 15) is 28.2 Å². The van der Waals surface area contributed by atoms with Crippen molar-refractivity contribution in [3.05, 3.63) is 35.9 Å². The molecule has 126 valence electrons. The third-order valence-electron chi connectivity index (χ3n) is 3.55. The van der Waals surface area contributed by atoms with Gasteiger partial charge in [-0.2, -0.15) is 0 Å². The molecule has 1 amide bonds. The molecule has 9 heteroatoms. The van der Waals surface area contributed by atoms with E-state index < -0.39 is 51.5 Å². The van der Waals surface area contributed by atoms with E-state index in [2.05, 4.69) is 5.32 Å². The molecule has 0 spiro atoms. The molecule has 3 atom stereocenters. The number of carboxylic acids is 1. The topological polar surface area (TPSA) is 130 Å². The smallest absolute Gasteiger partial charge is 0.408 e. The lowest BCUT2D eigenvalue weighted by atomic mass is 9.97. The fourth-order valence-electron chi connectivity index (χ4n) is 2.42. The minimum Gasteiger partial charge on any atom is -0.480 e. The molecule has 3 N–H and O–H groups in total. The van der Waals surface area contributed by atoms with Gasteiger partial charge in [0.05, 0.1) is 17.6 Å². The van der Waals surface area contributed by atoms with E-state index >= 15 is 0 Å². The second-order valence-electron chi connectivity index (χ2n) is 5.33. The predicted molar refractivity (Wildman–Crippen MR) is 79.3 cm³/mol. The van der Waals surface area contributed by atoms with Crippen molar-refractivity contribution in [3.63, 3.8) is 0 Å². The van der Waals surface area contributed by atoms with E-state index in [1.165, 1.54) is 0 Å². The van der Waals surface area contributed by atoms with Crippen LogP contribution in [0.2, 0.25) is 0 Å². The van der Waals surface area contributed by atoms with Gasteiger partial charge in [0.1, 0.15) is 12.6 Å². The van der Waals surface area contributed by atoms with Crippen molar-refractivity contribution in [2.75, 3.05) is 11.5 Å². The number of alkyl carbamates (subject to hydrolysis) is 1. The first-order valence-corrected chi connectivity index (χ1v) is 8.69. The van der Waals surface area contributed by atoms with Gasteiger partial charge in [0.25, 0.3) is 0 Å². The van der Waals surface area contributed by atoms with Crippen LogP contribution in [0.25, 0.3) is 0 Å². The summed E-state index contributed by atoms with van der Waals surface area (Å²) >= 11 is 0. The van der Waals surface area contributed by atoms with Gasteiger partial charge < -0.3 is 20.3 Å². The molecular weight excluding hydrogens is 326 g/mol. The van der Waals surface area contributed by atoms with E-state index in [4.69, 9.17) is 4.74 Å². The van der Waals surface area contributed by atoms with Crippen molar-refractivity contribution in [3.8, 4) is 0 Å². The van der Waals surface area contributed by atoms with E-state index in [1.807, 2.05) is 0 Å². The molecule has 1 aromatic rings. The van der Waals surface area contributed by atoms with Crippen LogP contribution in [-0.4, -0.2) is 54.3 Å². The molecule has 1 aliphatic heterocycles. The minimum absolute atomic E-state index is 0.0511. The molecule has 1 saturated heterocycles. The number of benzene rings is 1. The zero-order chi connectivity index (χ0) is 17.0. The number of aliphatic carboxylic acids is 1. The molecule has 0 aliphatic carbocycles. The first-order valence-electron chi connectivity index (χ1n) is 6.87. The normalized spacial score (nSPS) is 23.9. The van der Waals surface area contributed by atoms with Crippen LogP contribution in [0, 0.1) is 5.92 Å². The number of carboxylic acid groups (broad SMARTS) is 1. The Bertz CT molecular complexity index is 674. The number of rotatable bonds is 5. The number of nitrogens with one attached hydrogen (secondary N) is 1. The highest BCUT2D eigenvalue weighted by molar-refractivity contribution is 7.91. The van der Waals surface area contributed by atoms with Crippen LogP contribution >= 0.6 is 0 Å². The number of ether oxygens (including phenoxy) is 1. The van der Waals surface area contributed by atoms with Crippen molar-refractivity contribution in [1.82, 2.24) is 5.32 Å². The highest BCUT2D eigenvalue weighted by Crippen LogP contribution is 2.23. The van der Waals surface area contributed by atoms with Crippen molar-refractivity contribution < 1.29 is 33.0 Å². The zero-order valence-corrected chi connectivity index (χ0v) is 12.9. The van der Waals surface area contributed by atoms with Crippen molar-refractivity contribution in [2.24, 2.45) is 5.92 Å². The molecule has 1 aliphatic rings. The van der Waals surface area contributed by atoms with Gasteiger partial charge in [-0.25, -0.2) is 18.0 Å². The van der Waals surface area contributed by atoms with E-state index in [-0.39, 0.29) is 6.61 Å². The molecule has 0 aromatic heterocycles. The van der Waals surface area contributed by atoms with Gasteiger partial charge in [-0.15, -0.1) is 0 Å². The molecule has 8 nitrogen and oxygen atoms in total. The second kappa shape index (κ2) is 6.97. The quantitative estimate of drug-likeness (QED) is 0.673. The number of carbonyl (C=O) groups excluding carboxylic acids is 1. The SMILES string of the molecule is O=C(NC(C(=O)O)[C@@H]1CS(=O)(=O)C[C@H]1O)OCc1ccccc1. The van der Waals surface area contributed by atoms with E-state index in [1.54, 1.807) is 30.3 Å². The van der Waals surface area contributed by atoms with Crippen LogP contribution in [-0.2, 0) is 26.0 Å². The molecular formula is C14H17NO7S. The van der Waals surface area contributed by atoms with Crippen LogP contribution in [0.4, 0.5) is 4.79 Å². The van der Waals surface area contributed by atoms with Gasteiger partial charge in [0.15, 0.2) is 9.84 Å². The van der Waals surface area contributed by atoms with Crippen LogP contribution in [0.5, 0.6) is 0 Å². The van der Waals surface area contributed by atoms with Gasteiger partial charge in [-0.1, -0.05) is 30.3 Å². The van der Waals surface area contributed by atoms with Crippen LogP contribution < -0.4 is 5.32 Å². The fourth-order valence-corrected chi connectivity index (χ4v) is 4.32. The summed E-state index contributed by atoms with van der Waals surface area (Å²) in [4.78, 5) is 23.0. The molecule has 0 saturated carbocycles. The summed E-state index contributed by atoms with van der Waals surface area (Å²) in [5, 5.41) is 21.0. The Labute approximate surface area is 133 Å². The number of aliphatic hydroxyl groups is 1. The molecule has 1 fully saturated rings. The third kappa shape index (κ3) is 4.67. The summed E-state index contributed by atoms with van der Waals surface area (Å²) in [5.41, 5.74) is 0.720. The Morgan fingerprint density at radius 3 is 2.43 bits per heavy atom. The van der Waals surface area contributed by atoms with Crippen molar-refractivity contribution >= 4 is 21.9 Å². The summed E-state index contributed by atoms with van der Waals surface area (Å²) in [6.45, 7) is -0.0511. The van der Waals surface area contributed by atoms with Crippen molar-refractivity contribution in [2.45, 2.75) is 18.8 Å². The van der Waals surface area contributed by atoms with Gasteiger partial charge in [-0.3, -0.25) is 0 Å². The molecule has 1 unspecified atom stereocenters. The Morgan fingerprint density at radius 2 is 1.91 bits per heavy atom. The largest absolute Gasteiger partial charge is 0.480 e. The van der Waals surface area contributed by atoms with Gasteiger partial charge >= 0.3 is 12.1 Å². The Balaban J connectivity index is 1.97. The van der Waals surface area contributed by atoms with Gasteiger partial charge in [-0.05, 0) is 5.56 Å². The summed E-state index contributed by atoms with van der Waals surface area (Å²) < 4.78 is 27.9. The average Bonchev–Trinajstić information content (AvgIpc) is 2.76. The highest BCUT2D eigenvalue weighted by atomic mass is 32.2. The Kier molecular flexibility index (Phi) is 5.22. The molecule has 1 aromatic carbocycles. The molecule has 2 rings (SSSR count). The minimum atomic E-state index is -3.52. The Hall–Kier alpha value is -2.13. The van der Waals surface area contributed by atoms with Crippen LogP contribution in [0.3, 0.4) is 0 Å². The maximum Gasteiger partial charge on any atom is 0.408 e. The van der Waals surface area contributed by atoms with Gasteiger partial charge in [0.2, 0.25) is 0 Å². The average molecular weight is 343 g/mol. The number of amides is 1. The number of carbonyl (C=O) groups is 2. The molecule has 0 bridgehead atoms. The monoisotopic (exact) mass is 343 g/mol. The summed E-state index contributed by atoms with van der Waals surface area (Å²) in [7, 11) is -3.52. The number of aliphatic hydroxyl groups excluding tert-OH is 1. The zero-order valence-electron chi connectivity index (χ0n) is 12.1. The number of sulfone groups is 1. The number of hydrogen-bond donors (Lipinski definition) is 3. The summed E-state index contributed by atoms with van der Waals surface area (Å²) in [6.07, 6.45) is -2.33. The second-order valence-corrected chi connectivity index (χ2v) is 7.48. The standard InChI is InChI=1S/C14H17NO7S/c16-11-8-23(20,21)7-10(11)12(13(17)18)15-14(19)22-6-9-4-2-1-3-5-9/h1-5,10-12,16H,6-8H2,(H,15,19)(H,17,18)/t10-,11-,12?/m1/s1. The number of hydrogen-bond acceptors (Lipinski definition) is 6. The maximum atomic E-state index is 11.7. The fraction of sp³-hybridized carbons (Fsp3) is 0.429. The van der Waals surface area contributed by atoms with Crippen molar-refractivity contribution in [1.29, 1.82) is 0 Å². The third-order valence-corrected chi connectivity index (χ3v) is 5.29. The molecule has 1 heterocycles. The van der Waals surface area contributed by atoms with Crippen LogP contribution in [0.1, 0.15) is 5.56 Å². The summed E-state index contributed by atoms with van der Waals surface area (Å²) in [6, 6.07) is 7.24. The first kappa shape index (κ1) is 17.2. The van der Waals surface area contributed by atoms with E-state index in [0.717, 1.165) is 5.56 Å². The predicted octanol–water partition coefficient (Wildman–Crippen LogP) is -0.228.